The lowest BCUT2D eigenvalue weighted by atomic mass is 10.0. The van der Waals surface area contributed by atoms with Gasteiger partial charge in [0.05, 0.1) is 6.21 Å². The van der Waals surface area contributed by atoms with E-state index in [2.05, 4.69) is 10.5 Å². The molecule has 6 heteroatoms. The fraction of sp³-hybridized carbons (Fsp3) is 0.263. The van der Waals surface area contributed by atoms with Gasteiger partial charge in [0.15, 0.2) is 6.61 Å². The number of nitrogens with zero attached hydrogens (tertiary/aromatic N) is 1. The zero-order valence-electron chi connectivity index (χ0n) is 14.3. The predicted molar refractivity (Wildman–Crippen MR) is 103 cm³/mol. The van der Waals surface area contributed by atoms with Gasteiger partial charge in [0.1, 0.15) is 5.75 Å². The van der Waals surface area contributed by atoms with Crippen molar-refractivity contribution in [3.63, 3.8) is 0 Å². The van der Waals surface area contributed by atoms with Gasteiger partial charge in [-0.1, -0.05) is 49.2 Å². The van der Waals surface area contributed by atoms with Crippen LogP contribution in [0.15, 0.2) is 41.5 Å². The Kier molecular flexibility index (Phi) is 6.85. The molecule has 0 spiro atoms. The van der Waals surface area contributed by atoms with E-state index in [9.17, 15) is 4.79 Å². The molecule has 2 rings (SSSR count). The van der Waals surface area contributed by atoms with Crippen LogP contribution in [0.1, 0.15) is 36.5 Å². The molecule has 4 nitrogen and oxygen atoms in total. The number of hydrogen-bond acceptors (Lipinski definition) is 3. The summed E-state index contributed by atoms with van der Waals surface area (Å²) in [5.41, 5.74) is 5.09. The number of aryl methyl sites for hydroxylation is 1. The van der Waals surface area contributed by atoms with Gasteiger partial charge in [0.25, 0.3) is 5.91 Å². The van der Waals surface area contributed by atoms with Crippen molar-refractivity contribution in [2.45, 2.75) is 26.7 Å². The van der Waals surface area contributed by atoms with Crippen molar-refractivity contribution in [3.05, 3.63) is 63.1 Å². The molecule has 1 amide bonds. The molecule has 0 saturated heterocycles. The van der Waals surface area contributed by atoms with E-state index in [4.69, 9.17) is 27.9 Å². The molecule has 2 aromatic rings. The molecule has 0 aliphatic heterocycles. The second-order valence-corrected chi connectivity index (χ2v) is 6.77. The highest BCUT2D eigenvalue weighted by atomic mass is 35.5. The van der Waals surface area contributed by atoms with Gasteiger partial charge in [0.2, 0.25) is 0 Å². The van der Waals surface area contributed by atoms with Gasteiger partial charge in [-0.2, -0.15) is 5.10 Å². The van der Waals surface area contributed by atoms with E-state index in [-0.39, 0.29) is 18.4 Å². The molecule has 0 aliphatic rings. The fourth-order valence-corrected chi connectivity index (χ4v) is 2.56. The molecule has 0 aliphatic carbocycles. The van der Waals surface area contributed by atoms with Crippen LogP contribution < -0.4 is 10.2 Å². The Hall–Kier alpha value is -2.04. The molecule has 25 heavy (non-hydrogen) atoms. The first-order chi connectivity index (χ1) is 11.9. The van der Waals surface area contributed by atoms with Crippen molar-refractivity contribution in [3.8, 4) is 5.75 Å². The SMILES string of the molecule is Cc1cc(OCC(=O)N/N=C\c2cccc(Cl)c2)c(C(C)C)cc1Cl. The number of carbonyl (C=O) groups is 1. The van der Waals surface area contributed by atoms with E-state index in [1.807, 2.05) is 45.0 Å². The van der Waals surface area contributed by atoms with E-state index in [0.29, 0.717) is 15.8 Å². The first-order valence-electron chi connectivity index (χ1n) is 7.87. The molecular formula is C19H20Cl2N2O2. The van der Waals surface area contributed by atoms with Gasteiger partial charge < -0.3 is 4.74 Å². The Morgan fingerprint density at radius 2 is 2.04 bits per heavy atom. The second kappa shape index (κ2) is 8.88. The Morgan fingerprint density at radius 1 is 1.28 bits per heavy atom. The monoisotopic (exact) mass is 378 g/mol. The van der Waals surface area contributed by atoms with E-state index in [1.165, 1.54) is 6.21 Å². The van der Waals surface area contributed by atoms with Crippen LogP contribution >= 0.6 is 23.2 Å². The normalized spacial score (nSPS) is 11.1. The minimum Gasteiger partial charge on any atom is -0.483 e. The topological polar surface area (TPSA) is 50.7 Å². The van der Waals surface area contributed by atoms with Gasteiger partial charge in [0, 0.05) is 10.0 Å². The van der Waals surface area contributed by atoms with Crippen LogP contribution in [0.2, 0.25) is 10.0 Å². The minimum atomic E-state index is -0.347. The van der Waals surface area contributed by atoms with Crippen LogP contribution in [-0.2, 0) is 4.79 Å². The lowest BCUT2D eigenvalue weighted by Gasteiger charge is -2.15. The van der Waals surface area contributed by atoms with Crippen LogP contribution in [0.5, 0.6) is 5.75 Å². The Morgan fingerprint density at radius 3 is 2.72 bits per heavy atom. The summed E-state index contributed by atoms with van der Waals surface area (Å²) in [6.07, 6.45) is 1.52. The molecule has 132 valence electrons. The number of ether oxygens (including phenoxy) is 1. The molecular weight excluding hydrogens is 359 g/mol. The molecule has 0 radical (unpaired) electrons. The Bertz CT molecular complexity index is 789. The summed E-state index contributed by atoms with van der Waals surface area (Å²) >= 11 is 12.1. The maximum absolute atomic E-state index is 11.9. The fourth-order valence-electron chi connectivity index (χ4n) is 2.19. The highest BCUT2D eigenvalue weighted by molar-refractivity contribution is 6.31. The maximum atomic E-state index is 11.9. The molecule has 0 saturated carbocycles. The molecule has 1 N–H and O–H groups in total. The van der Waals surface area contributed by atoms with Crippen LogP contribution in [0.4, 0.5) is 0 Å². The van der Waals surface area contributed by atoms with Crippen molar-refractivity contribution >= 4 is 35.3 Å². The van der Waals surface area contributed by atoms with E-state index in [0.717, 1.165) is 16.7 Å². The number of benzene rings is 2. The van der Waals surface area contributed by atoms with Gasteiger partial charge >= 0.3 is 0 Å². The van der Waals surface area contributed by atoms with Crippen molar-refractivity contribution in [2.24, 2.45) is 5.10 Å². The predicted octanol–water partition coefficient (Wildman–Crippen LogP) is 4.95. The van der Waals surface area contributed by atoms with Crippen LogP contribution in [0.25, 0.3) is 0 Å². The maximum Gasteiger partial charge on any atom is 0.277 e. The lowest BCUT2D eigenvalue weighted by molar-refractivity contribution is -0.123. The summed E-state index contributed by atoms with van der Waals surface area (Å²) < 4.78 is 5.65. The molecule has 0 bridgehead atoms. The van der Waals surface area contributed by atoms with Crippen LogP contribution in [0.3, 0.4) is 0 Å². The summed E-state index contributed by atoms with van der Waals surface area (Å²) in [6.45, 7) is 5.86. The highest BCUT2D eigenvalue weighted by Gasteiger charge is 2.12. The number of rotatable bonds is 6. The molecule has 0 aromatic heterocycles. The minimum absolute atomic E-state index is 0.131. The lowest BCUT2D eigenvalue weighted by Crippen LogP contribution is -2.25. The van der Waals surface area contributed by atoms with Gasteiger partial charge in [-0.25, -0.2) is 5.43 Å². The van der Waals surface area contributed by atoms with Gasteiger partial charge in [-0.3, -0.25) is 4.79 Å². The Balaban J connectivity index is 1.95. The number of halogens is 2. The molecule has 2 aromatic carbocycles. The standard InChI is InChI=1S/C19H20Cl2N2O2/c1-12(2)16-9-17(21)13(3)7-18(16)25-11-19(24)23-22-10-14-5-4-6-15(20)8-14/h4-10,12H,11H2,1-3H3,(H,23,24)/b22-10-. The van der Waals surface area contributed by atoms with E-state index in [1.54, 1.807) is 12.1 Å². The highest BCUT2D eigenvalue weighted by Crippen LogP contribution is 2.31. The van der Waals surface area contributed by atoms with Crippen LogP contribution in [-0.4, -0.2) is 18.7 Å². The third kappa shape index (κ3) is 5.76. The average molecular weight is 379 g/mol. The smallest absolute Gasteiger partial charge is 0.277 e. The Labute approximate surface area is 157 Å². The summed E-state index contributed by atoms with van der Waals surface area (Å²) in [6, 6.07) is 10.9. The van der Waals surface area contributed by atoms with Crippen molar-refractivity contribution < 1.29 is 9.53 Å². The first kappa shape index (κ1) is 19.3. The summed E-state index contributed by atoms with van der Waals surface area (Å²) in [4.78, 5) is 11.9. The molecule has 0 atom stereocenters. The summed E-state index contributed by atoms with van der Waals surface area (Å²) in [7, 11) is 0. The molecule has 0 heterocycles. The number of carbonyl (C=O) groups excluding carboxylic acids is 1. The second-order valence-electron chi connectivity index (χ2n) is 5.93. The van der Waals surface area contributed by atoms with E-state index >= 15 is 0 Å². The van der Waals surface area contributed by atoms with Gasteiger partial charge in [-0.05, 0) is 53.8 Å². The zero-order chi connectivity index (χ0) is 18.4. The average Bonchev–Trinajstić information content (AvgIpc) is 2.55. The quantitative estimate of drug-likeness (QED) is 0.570. The van der Waals surface area contributed by atoms with Crippen LogP contribution in [0, 0.1) is 6.92 Å². The zero-order valence-corrected chi connectivity index (χ0v) is 15.9. The number of hydrazone groups is 1. The van der Waals surface area contributed by atoms with Gasteiger partial charge in [-0.15, -0.1) is 0 Å². The summed E-state index contributed by atoms with van der Waals surface area (Å²) in [5.74, 6) is 0.545. The third-order valence-corrected chi connectivity index (χ3v) is 4.17. The van der Waals surface area contributed by atoms with Crippen molar-refractivity contribution in [1.82, 2.24) is 5.43 Å². The molecule has 0 fully saturated rings. The number of nitrogens with one attached hydrogen (secondary N) is 1. The summed E-state index contributed by atoms with van der Waals surface area (Å²) in [5, 5.41) is 5.20. The number of amides is 1. The largest absolute Gasteiger partial charge is 0.483 e. The first-order valence-corrected chi connectivity index (χ1v) is 8.62. The molecule has 0 unspecified atom stereocenters. The van der Waals surface area contributed by atoms with E-state index < -0.39 is 0 Å². The number of hydrogen-bond donors (Lipinski definition) is 1. The van der Waals surface area contributed by atoms with Crippen molar-refractivity contribution in [1.29, 1.82) is 0 Å². The van der Waals surface area contributed by atoms with Crippen molar-refractivity contribution in [2.75, 3.05) is 6.61 Å². The third-order valence-electron chi connectivity index (χ3n) is 3.52.